The molecule has 21 heavy (non-hydrogen) atoms. The molecule has 0 unspecified atom stereocenters. The zero-order valence-corrected chi connectivity index (χ0v) is 13.8. The molecular weight excluding hydrogens is 325 g/mol. The third kappa shape index (κ3) is 4.95. The monoisotopic (exact) mass is 339 g/mol. The molecule has 0 radical (unpaired) electrons. The molecule has 2 aromatic rings. The Kier molecular flexibility index (Phi) is 5.97. The van der Waals surface area contributed by atoms with E-state index in [0.717, 1.165) is 10.5 Å². The predicted octanol–water partition coefficient (Wildman–Crippen LogP) is 4.96. The van der Waals surface area contributed by atoms with Gasteiger partial charge in [-0.05, 0) is 30.7 Å². The average Bonchev–Trinajstić information content (AvgIpc) is 2.49. The van der Waals surface area contributed by atoms with Crippen molar-refractivity contribution in [1.29, 1.82) is 0 Å². The third-order valence-corrected chi connectivity index (χ3v) is 4.66. The fraction of sp³-hybridized carbons (Fsp3) is 0.188. The minimum Gasteiger partial charge on any atom is -0.349 e. The molecule has 0 fully saturated rings. The number of halogens is 2. The van der Waals surface area contributed by atoms with Crippen molar-refractivity contribution in [2.45, 2.75) is 17.9 Å². The highest BCUT2D eigenvalue weighted by Gasteiger charge is 2.10. The molecule has 0 heterocycles. The van der Waals surface area contributed by atoms with Crippen molar-refractivity contribution in [1.82, 2.24) is 5.32 Å². The van der Waals surface area contributed by atoms with Gasteiger partial charge in [-0.25, -0.2) is 0 Å². The van der Waals surface area contributed by atoms with Gasteiger partial charge < -0.3 is 5.32 Å². The summed E-state index contributed by atoms with van der Waals surface area (Å²) >= 11 is 13.4. The number of nitrogens with one attached hydrogen (secondary N) is 1. The van der Waals surface area contributed by atoms with Crippen molar-refractivity contribution < 1.29 is 4.79 Å². The molecule has 1 amide bonds. The summed E-state index contributed by atoms with van der Waals surface area (Å²) in [7, 11) is 0. The van der Waals surface area contributed by atoms with E-state index in [2.05, 4.69) is 5.32 Å². The zero-order chi connectivity index (χ0) is 15.2. The van der Waals surface area contributed by atoms with Crippen molar-refractivity contribution in [2.24, 2.45) is 0 Å². The first-order valence-electron chi connectivity index (χ1n) is 6.48. The van der Waals surface area contributed by atoms with Crippen LogP contribution in [-0.2, 0) is 4.79 Å². The van der Waals surface area contributed by atoms with Crippen molar-refractivity contribution in [3.05, 3.63) is 64.1 Å². The number of hydrogen-bond donors (Lipinski definition) is 1. The van der Waals surface area contributed by atoms with Gasteiger partial charge in [-0.3, -0.25) is 4.79 Å². The summed E-state index contributed by atoms with van der Waals surface area (Å²) in [5.41, 5.74) is 1.08. The van der Waals surface area contributed by atoms with Crippen LogP contribution in [0.3, 0.4) is 0 Å². The lowest BCUT2D eigenvalue weighted by Gasteiger charge is -2.14. The summed E-state index contributed by atoms with van der Waals surface area (Å²) in [5.74, 6) is 0.268. The van der Waals surface area contributed by atoms with Gasteiger partial charge >= 0.3 is 0 Å². The van der Waals surface area contributed by atoms with Gasteiger partial charge in [0.25, 0.3) is 0 Å². The molecule has 0 spiro atoms. The van der Waals surface area contributed by atoms with Crippen LogP contribution in [0.15, 0.2) is 53.4 Å². The number of thioether (sulfide) groups is 1. The summed E-state index contributed by atoms with van der Waals surface area (Å²) in [6, 6.07) is 15.1. The summed E-state index contributed by atoms with van der Waals surface area (Å²) in [6.45, 7) is 1.96. The molecule has 0 aliphatic rings. The van der Waals surface area contributed by atoms with Gasteiger partial charge in [0.15, 0.2) is 0 Å². The summed E-state index contributed by atoms with van der Waals surface area (Å²) < 4.78 is 0. The molecule has 0 bridgehead atoms. The number of hydrogen-bond acceptors (Lipinski definition) is 2. The van der Waals surface area contributed by atoms with Crippen molar-refractivity contribution in [2.75, 3.05) is 5.75 Å². The molecule has 0 aliphatic heterocycles. The third-order valence-electron chi connectivity index (χ3n) is 2.93. The zero-order valence-electron chi connectivity index (χ0n) is 11.5. The molecule has 110 valence electrons. The largest absolute Gasteiger partial charge is 0.349 e. The molecule has 2 rings (SSSR count). The topological polar surface area (TPSA) is 29.1 Å². The molecule has 5 heteroatoms. The SMILES string of the molecule is C[C@H](NC(=O)CSc1cc(Cl)ccc1Cl)c1ccccc1. The maximum Gasteiger partial charge on any atom is 0.230 e. The lowest BCUT2D eigenvalue weighted by Crippen LogP contribution is -2.28. The maximum atomic E-state index is 12.0. The summed E-state index contributed by atoms with van der Waals surface area (Å²) in [6.07, 6.45) is 0. The fourth-order valence-corrected chi connectivity index (χ4v) is 3.14. The molecule has 0 aromatic heterocycles. The first kappa shape index (κ1) is 16.2. The minimum absolute atomic E-state index is 0.0193. The van der Waals surface area contributed by atoms with Crippen LogP contribution in [0.4, 0.5) is 0 Å². The second kappa shape index (κ2) is 7.74. The van der Waals surface area contributed by atoms with Crippen LogP contribution in [0, 0.1) is 0 Å². The number of carbonyl (C=O) groups excluding carboxylic acids is 1. The second-order valence-electron chi connectivity index (χ2n) is 4.56. The van der Waals surface area contributed by atoms with Crippen LogP contribution in [0.1, 0.15) is 18.5 Å². The van der Waals surface area contributed by atoms with Crippen LogP contribution in [0.25, 0.3) is 0 Å². The Bertz CT molecular complexity index is 619. The van der Waals surface area contributed by atoms with E-state index in [4.69, 9.17) is 23.2 Å². The minimum atomic E-state index is -0.0348. The molecule has 0 saturated heterocycles. The van der Waals surface area contributed by atoms with Gasteiger partial charge in [-0.2, -0.15) is 0 Å². The highest BCUT2D eigenvalue weighted by Crippen LogP contribution is 2.29. The standard InChI is InChI=1S/C16H15Cl2NOS/c1-11(12-5-3-2-4-6-12)19-16(20)10-21-15-9-13(17)7-8-14(15)18/h2-9,11H,10H2,1H3,(H,19,20)/t11-/m0/s1. The lowest BCUT2D eigenvalue weighted by molar-refractivity contribution is -0.119. The van der Waals surface area contributed by atoms with E-state index in [1.165, 1.54) is 11.8 Å². The van der Waals surface area contributed by atoms with Crippen LogP contribution < -0.4 is 5.32 Å². The number of amides is 1. The van der Waals surface area contributed by atoms with E-state index < -0.39 is 0 Å². The molecule has 0 saturated carbocycles. The fourth-order valence-electron chi connectivity index (χ4n) is 1.84. The van der Waals surface area contributed by atoms with E-state index in [1.807, 2.05) is 37.3 Å². The van der Waals surface area contributed by atoms with E-state index >= 15 is 0 Å². The molecule has 1 atom stereocenters. The highest BCUT2D eigenvalue weighted by atomic mass is 35.5. The lowest BCUT2D eigenvalue weighted by atomic mass is 10.1. The highest BCUT2D eigenvalue weighted by molar-refractivity contribution is 8.00. The number of carbonyl (C=O) groups is 1. The van der Waals surface area contributed by atoms with Crippen LogP contribution >= 0.6 is 35.0 Å². The predicted molar refractivity (Wildman–Crippen MR) is 90.2 cm³/mol. The Morgan fingerprint density at radius 3 is 2.62 bits per heavy atom. The smallest absolute Gasteiger partial charge is 0.230 e. The summed E-state index contributed by atoms with van der Waals surface area (Å²) in [5, 5.41) is 4.18. The van der Waals surface area contributed by atoms with Crippen molar-refractivity contribution in [3.8, 4) is 0 Å². The Balaban J connectivity index is 1.89. The second-order valence-corrected chi connectivity index (χ2v) is 6.42. The van der Waals surface area contributed by atoms with Gasteiger partial charge in [0.05, 0.1) is 16.8 Å². The molecular formula is C16H15Cl2NOS. The van der Waals surface area contributed by atoms with Gasteiger partial charge in [-0.1, -0.05) is 53.5 Å². The van der Waals surface area contributed by atoms with Crippen LogP contribution in [-0.4, -0.2) is 11.7 Å². The van der Waals surface area contributed by atoms with E-state index in [-0.39, 0.29) is 11.9 Å². The van der Waals surface area contributed by atoms with E-state index in [1.54, 1.807) is 18.2 Å². The van der Waals surface area contributed by atoms with E-state index in [0.29, 0.717) is 15.8 Å². The number of rotatable bonds is 5. The van der Waals surface area contributed by atoms with Crippen molar-refractivity contribution in [3.63, 3.8) is 0 Å². The van der Waals surface area contributed by atoms with Gasteiger partial charge in [0, 0.05) is 9.92 Å². The van der Waals surface area contributed by atoms with Gasteiger partial charge in [0.1, 0.15) is 0 Å². The van der Waals surface area contributed by atoms with Gasteiger partial charge in [0.2, 0.25) is 5.91 Å². The van der Waals surface area contributed by atoms with E-state index in [9.17, 15) is 4.79 Å². The Morgan fingerprint density at radius 2 is 1.90 bits per heavy atom. The quantitative estimate of drug-likeness (QED) is 0.779. The Hall–Kier alpha value is -1.16. The van der Waals surface area contributed by atoms with Gasteiger partial charge in [-0.15, -0.1) is 11.8 Å². The first-order chi connectivity index (χ1) is 10.1. The Labute approximate surface area is 138 Å². The Morgan fingerprint density at radius 1 is 1.19 bits per heavy atom. The molecule has 0 aliphatic carbocycles. The normalized spacial score (nSPS) is 12.0. The van der Waals surface area contributed by atoms with Crippen LogP contribution in [0.5, 0.6) is 0 Å². The molecule has 1 N–H and O–H groups in total. The molecule has 2 aromatic carbocycles. The number of benzene rings is 2. The average molecular weight is 340 g/mol. The van der Waals surface area contributed by atoms with Crippen LogP contribution in [0.2, 0.25) is 10.0 Å². The summed E-state index contributed by atoms with van der Waals surface area (Å²) in [4.78, 5) is 12.8. The maximum absolute atomic E-state index is 12.0. The van der Waals surface area contributed by atoms with Crippen molar-refractivity contribution >= 4 is 40.9 Å². The first-order valence-corrected chi connectivity index (χ1v) is 8.22. The molecule has 2 nitrogen and oxygen atoms in total.